The Labute approximate surface area is 112 Å². The maximum atomic E-state index is 11.8. The molecular formula is C10H18N2O6S. The van der Waals surface area contributed by atoms with Crippen LogP contribution in [0.4, 0.5) is 0 Å². The third kappa shape index (κ3) is 6.75. The first-order valence-corrected chi connectivity index (χ1v) is 7.16. The summed E-state index contributed by atoms with van der Waals surface area (Å²) in [5.41, 5.74) is 0. The van der Waals surface area contributed by atoms with Crippen molar-refractivity contribution < 1.29 is 27.5 Å². The van der Waals surface area contributed by atoms with Gasteiger partial charge in [0.25, 0.3) is 0 Å². The number of hydrogen-bond donors (Lipinski definition) is 1. The molecule has 0 aliphatic heterocycles. The first kappa shape index (κ1) is 17.4. The van der Waals surface area contributed by atoms with Crippen LogP contribution in [0.2, 0.25) is 0 Å². The lowest BCUT2D eigenvalue weighted by Crippen LogP contribution is -2.46. The molecule has 8 nitrogen and oxygen atoms in total. The van der Waals surface area contributed by atoms with Crippen LogP contribution in [0.15, 0.2) is 0 Å². The van der Waals surface area contributed by atoms with Crippen molar-refractivity contribution in [2.45, 2.75) is 13.0 Å². The van der Waals surface area contributed by atoms with Crippen LogP contribution in [0.1, 0.15) is 6.92 Å². The molecule has 1 N–H and O–H groups in total. The summed E-state index contributed by atoms with van der Waals surface area (Å²) in [4.78, 5) is 34.7. The molecule has 1 unspecified atom stereocenters. The predicted octanol–water partition coefficient (Wildman–Crippen LogP) is -1.83. The molecule has 0 saturated heterocycles. The molecule has 0 rings (SSSR count). The van der Waals surface area contributed by atoms with Gasteiger partial charge in [-0.2, -0.15) is 0 Å². The second kappa shape index (κ2) is 7.07. The molecule has 0 saturated carbocycles. The predicted molar refractivity (Wildman–Crippen MR) is 67.0 cm³/mol. The molecule has 0 aliphatic carbocycles. The maximum absolute atomic E-state index is 11.8. The van der Waals surface area contributed by atoms with Crippen LogP contribution in [0.25, 0.3) is 0 Å². The van der Waals surface area contributed by atoms with E-state index < -0.39 is 45.2 Å². The molecule has 0 bridgehead atoms. The topological polar surface area (TPSA) is 110 Å². The van der Waals surface area contributed by atoms with Crippen LogP contribution in [0, 0.1) is 0 Å². The van der Waals surface area contributed by atoms with E-state index in [-0.39, 0.29) is 0 Å². The lowest BCUT2D eigenvalue weighted by Gasteiger charge is -2.16. The minimum absolute atomic E-state index is 0.565. The number of hydrogen-bond acceptors (Lipinski definition) is 6. The van der Waals surface area contributed by atoms with Gasteiger partial charge in [0, 0.05) is 21.0 Å². The number of methoxy groups -OCH3 is 1. The molecule has 0 aliphatic rings. The van der Waals surface area contributed by atoms with Crippen LogP contribution in [-0.4, -0.2) is 69.9 Å². The standard InChI is InChI=1S/C10H18N2O6S/c1-7(13)11-8(10(15)18-4)5-19(16,17)6-9(14)12(2)3/h8H,5-6H2,1-4H3,(H,11,13). The van der Waals surface area contributed by atoms with Crippen molar-refractivity contribution >= 4 is 27.6 Å². The molecule has 0 radical (unpaired) electrons. The highest BCUT2D eigenvalue weighted by molar-refractivity contribution is 7.92. The van der Waals surface area contributed by atoms with Crippen LogP contribution >= 0.6 is 0 Å². The molecule has 1 atom stereocenters. The Morgan fingerprint density at radius 1 is 1.26 bits per heavy atom. The quantitative estimate of drug-likeness (QED) is 0.577. The number of esters is 1. The number of ether oxygens (including phenoxy) is 1. The van der Waals surface area contributed by atoms with Crippen molar-refractivity contribution in [1.82, 2.24) is 10.2 Å². The second-order valence-electron chi connectivity index (χ2n) is 4.12. The Hall–Kier alpha value is -1.64. The molecule has 0 fully saturated rings. The molecular weight excluding hydrogens is 276 g/mol. The van der Waals surface area contributed by atoms with Gasteiger partial charge in [0.1, 0.15) is 11.8 Å². The number of carbonyl (C=O) groups is 3. The third-order valence-corrected chi connectivity index (χ3v) is 3.65. The highest BCUT2D eigenvalue weighted by atomic mass is 32.2. The van der Waals surface area contributed by atoms with Crippen LogP contribution in [0.3, 0.4) is 0 Å². The van der Waals surface area contributed by atoms with Gasteiger partial charge in [-0.1, -0.05) is 0 Å². The van der Waals surface area contributed by atoms with Gasteiger partial charge in [0.2, 0.25) is 11.8 Å². The van der Waals surface area contributed by atoms with E-state index in [1.807, 2.05) is 0 Å². The molecule has 110 valence electrons. The summed E-state index contributed by atoms with van der Waals surface area (Å²) < 4.78 is 27.9. The molecule has 2 amide bonds. The van der Waals surface area contributed by atoms with Gasteiger partial charge in [0.15, 0.2) is 9.84 Å². The van der Waals surface area contributed by atoms with E-state index in [2.05, 4.69) is 10.1 Å². The first-order valence-electron chi connectivity index (χ1n) is 5.34. The van der Waals surface area contributed by atoms with Gasteiger partial charge < -0.3 is 15.0 Å². The van der Waals surface area contributed by atoms with Crippen molar-refractivity contribution in [3.8, 4) is 0 Å². The van der Waals surface area contributed by atoms with Gasteiger partial charge >= 0.3 is 5.97 Å². The smallest absolute Gasteiger partial charge is 0.329 e. The maximum Gasteiger partial charge on any atom is 0.329 e. The average molecular weight is 294 g/mol. The third-order valence-electron chi connectivity index (χ3n) is 2.13. The van der Waals surface area contributed by atoms with Gasteiger partial charge in [-0.05, 0) is 0 Å². The van der Waals surface area contributed by atoms with E-state index in [9.17, 15) is 22.8 Å². The SMILES string of the molecule is COC(=O)C(CS(=O)(=O)CC(=O)N(C)C)NC(C)=O. The summed E-state index contributed by atoms with van der Waals surface area (Å²) >= 11 is 0. The monoisotopic (exact) mass is 294 g/mol. The fourth-order valence-electron chi connectivity index (χ4n) is 1.19. The van der Waals surface area contributed by atoms with Crippen molar-refractivity contribution in [3.63, 3.8) is 0 Å². The molecule has 0 heterocycles. The van der Waals surface area contributed by atoms with E-state index in [4.69, 9.17) is 0 Å². The summed E-state index contributed by atoms with van der Waals surface area (Å²) in [5, 5.41) is 2.17. The Morgan fingerprint density at radius 3 is 2.16 bits per heavy atom. The summed E-state index contributed by atoms with van der Waals surface area (Å²) in [5.74, 6) is -3.46. The van der Waals surface area contributed by atoms with Crippen LogP contribution in [0.5, 0.6) is 0 Å². The zero-order valence-corrected chi connectivity index (χ0v) is 12.1. The Kier molecular flexibility index (Phi) is 6.46. The Morgan fingerprint density at radius 2 is 1.79 bits per heavy atom. The highest BCUT2D eigenvalue weighted by Gasteiger charge is 2.29. The van der Waals surface area contributed by atoms with Gasteiger partial charge in [-0.15, -0.1) is 0 Å². The molecule has 0 aromatic carbocycles. The number of amides is 2. The Balaban J connectivity index is 4.87. The summed E-state index contributed by atoms with van der Waals surface area (Å²) in [7, 11) is 0.0858. The van der Waals surface area contributed by atoms with E-state index >= 15 is 0 Å². The summed E-state index contributed by atoms with van der Waals surface area (Å²) in [6.45, 7) is 1.15. The lowest BCUT2D eigenvalue weighted by molar-refractivity contribution is -0.144. The van der Waals surface area contributed by atoms with Crippen LogP contribution < -0.4 is 5.32 Å². The molecule has 9 heteroatoms. The van der Waals surface area contributed by atoms with Gasteiger partial charge in [-0.3, -0.25) is 9.59 Å². The second-order valence-corrected chi connectivity index (χ2v) is 6.23. The average Bonchev–Trinajstić information content (AvgIpc) is 2.25. The Bertz CT molecular complexity index is 457. The van der Waals surface area contributed by atoms with E-state index in [1.54, 1.807) is 0 Å². The van der Waals surface area contributed by atoms with E-state index in [0.29, 0.717) is 0 Å². The fraction of sp³-hybridized carbons (Fsp3) is 0.700. The first-order chi connectivity index (χ1) is 8.59. The number of nitrogens with one attached hydrogen (secondary N) is 1. The minimum atomic E-state index is -3.83. The molecule has 0 aromatic heterocycles. The summed E-state index contributed by atoms with van der Waals surface area (Å²) in [6, 6.07) is -1.32. The van der Waals surface area contributed by atoms with Crippen molar-refractivity contribution in [1.29, 1.82) is 0 Å². The van der Waals surface area contributed by atoms with Crippen molar-refractivity contribution in [2.75, 3.05) is 32.7 Å². The number of sulfone groups is 1. The number of rotatable bonds is 6. The molecule has 0 aromatic rings. The van der Waals surface area contributed by atoms with E-state index in [1.165, 1.54) is 14.1 Å². The number of carbonyl (C=O) groups excluding carboxylic acids is 3. The lowest BCUT2D eigenvalue weighted by atomic mass is 10.3. The van der Waals surface area contributed by atoms with Gasteiger partial charge in [0.05, 0.1) is 12.9 Å². The van der Waals surface area contributed by atoms with Gasteiger partial charge in [-0.25, -0.2) is 13.2 Å². The van der Waals surface area contributed by atoms with Crippen LogP contribution in [-0.2, 0) is 29.0 Å². The summed E-state index contributed by atoms with van der Waals surface area (Å²) in [6.07, 6.45) is 0. The zero-order valence-electron chi connectivity index (χ0n) is 11.3. The van der Waals surface area contributed by atoms with E-state index in [0.717, 1.165) is 18.9 Å². The van der Waals surface area contributed by atoms with Crippen molar-refractivity contribution in [2.24, 2.45) is 0 Å². The largest absolute Gasteiger partial charge is 0.467 e. The van der Waals surface area contributed by atoms with Crippen molar-refractivity contribution in [3.05, 3.63) is 0 Å². The highest BCUT2D eigenvalue weighted by Crippen LogP contribution is 2.00. The normalized spacial score (nSPS) is 12.4. The molecule has 0 spiro atoms. The fourth-order valence-corrected chi connectivity index (χ4v) is 2.67. The molecule has 19 heavy (non-hydrogen) atoms. The minimum Gasteiger partial charge on any atom is -0.467 e. The number of nitrogens with zero attached hydrogens (tertiary/aromatic N) is 1. The zero-order chi connectivity index (χ0) is 15.2.